The lowest BCUT2D eigenvalue weighted by molar-refractivity contribution is -0.137. The van der Waals surface area contributed by atoms with Crippen molar-refractivity contribution in [1.29, 1.82) is 0 Å². The van der Waals surface area contributed by atoms with E-state index >= 15 is 0 Å². The molecule has 0 spiro atoms. The van der Waals surface area contributed by atoms with E-state index in [-0.39, 0.29) is 25.2 Å². The summed E-state index contributed by atoms with van der Waals surface area (Å²) in [6.45, 7) is 4.69. The molecule has 0 aromatic rings. The third-order valence-electron chi connectivity index (χ3n) is 2.73. The molecule has 0 aromatic heterocycles. The van der Waals surface area contributed by atoms with Crippen LogP contribution in [0.2, 0.25) is 0 Å². The number of carbonyl (C=O) groups excluding carboxylic acids is 1. The molecule has 2 amide bonds. The van der Waals surface area contributed by atoms with Crippen LogP contribution in [0.4, 0.5) is 4.79 Å². The fourth-order valence-electron chi connectivity index (χ4n) is 1.86. The second-order valence-electron chi connectivity index (χ2n) is 4.22. The maximum absolute atomic E-state index is 11.7. The van der Waals surface area contributed by atoms with Gasteiger partial charge in [-0.15, -0.1) is 6.58 Å². The molecule has 18 heavy (non-hydrogen) atoms. The predicted octanol–water partition coefficient (Wildman–Crippen LogP) is 0.838. The van der Waals surface area contributed by atoms with Crippen LogP contribution in [0.3, 0.4) is 0 Å². The summed E-state index contributed by atoms with van der Waals surface area (Å²) in [5.74, 6) is -1.04. The maximum atomic E-state index is 11.7. The number of hydrogen-bond donors (Lipinski definition) is 2. The zero-order chi connectivity index (χ0) is 13.4. The van der Waals surface area contributed by atoms with E-state index in [0.717, 1.165) is 25.9 Å². The van der Waals surface area contributed by atoms with Crippen LogP contribution in [0.15, 0.2) is 12.7 Å². The van der Waals surface area contributed by atoms with Crippen molar-refractivity contribution in [3.8, 4) is 0 Å². The van der Waals surface area contributed by atoms with Crippen LogP contribution >= 0.6 is 0 Å². The van der Waals surface area contributed by atoms with Crippen molar-refractivity contribution in [1.82, 2.24) is 10.2 Å². The maximum Gasteiger partial charge on any atom is 0.323 e. The van der Waals surface area contributed by atoms with Crippen molar-refractivity contribution < 1.29 is 19.4 Å². The summed E-state index contributed by atoms with van der Waals surface area (Å²) in [6, 6.07) is -0.379. The van der Waals surface area contributed by atoms with Gasteiger partial charge in [-0.05, 0) is 19.3 Å². The lowest BCUT2D eigenvalue weighted by Crippen LogP contribution is -2.43. The van der Waals surface area contributed by atoms with Gasteiger partial charge in [0.15, 0.2) is 0 Å². The Balaban J connectivity index is 2.26. The number of nitrogens with zero attached hydrogens (tertiary/aromatic N) is 1. The van der Waals surface area contributed by atoms with E-state index in [0.29, 0.717) is 6.54 Å². The monoisotopic (exact) mass is 256 g/mol. The lowest BCUT2D eigenvalue weighted by Gasteiger charge is -2.20. The van der Waals surface area contributed by atoms with Crippen LogP contribution in [-0.4, -0.2) is 54.4 Å². The summed E-state index contributed by atoms with van der Waals surface area (Å²) in [4.78, 5) is 23.5. The molecule has 1 aliphatic heterocycles. The second kappa shape index (κ2) is 7.71. The third-order valence-corrected chi connectivity index (χ3v) is 2.73. The molecule has 6 heteroatoms. The number of rotatable bonds is 7. The van der Waals surface area contributed by atoms with Crippen LogP contribution in [-0.2, 0) is 9.53 Å². The molecule has 1 fully saturated rings. The average Bonchev–Trinajstić information content (AvgIpc) is 2.81. The summed E-state index contributed by atoms with van der Waals surface area (Å²) in [6.07, 6.45) is 4.59. The smallest absolute Gasteiger partial charge is 0.323 e. The molecule has 1 unspecified atom stereocenters. The lowest BCUT2D eigenvalue weighted by atomic mass is 10.2. The molecule has 1 rings (SSSR count). The standard InChI is InChI=1S/C12H20N2O4/c1-2-7-14(9-11(15)16)12(17)13-6-5-10-4-3-8-18-10/h2,10H,1,3-9H2,(H,13,17)(H,15,16). The molecule has 1 aliphatic rings. The third kappa shape index (κ3) is 5.18. The van der Waals surface area contributed by atoms with Gasteiger partial charge in [0.05, 0.1) is 6.10 Å². The van der Waals surface area contributed by atoms with Gasteiger partial charge in [0.1, 0.15) is 6.54 Å². The highest BCUT2D eigenvalue weighted by molar-refractivity contribution is 5.80. The van der Waals surface area contributed by atoms with Crippen molar-refractivity contribution in [3.05, 3.63) is 12.7 Å². The molecule has 1 saturated heterocycles. The van der Waals surface area contributed by atoms with Crippen LogP contribution in [0, 0.1) is 0 Å². The number of nitrogens with one attached hydrogen (secondary N) is 1. The molecular formula is C12H20N2O4. The number of carbonyl (C=O) groups is 2. The van der Waals surface area contributed by atoms with E-state index in [1.807, 2.05) is 0 Å². The molecule has 1 atom stereocenters. The zero-order valence-corrected chi connectivity index (χ0v) is 10.4. The number of urea groups is 1. The first-order valence-electron chi connectivity index (χ1n) is 6.10. The first-order chi connectivity index (χ1) is 8.63. The van der Waals surface area contributed by atoms with Crippen LogP contribution < -0.4 is 5.32 Å². The van der Waals surface area contributed by atoms with Gasteiger partial charge in [-0.2, -0.15) is 0 Å². The van der Waals surface area contributed by atoms with Crippen LogP contribution in [0.1, 0.15) is 19.3 Å². The Morgan fingerprint density at radius 1 is 1.56 bits per heavy atom. The van der Waals surface area contributed by atoms with E-state index in [9.17, 15) is 9.59 Å². The van der Waals surface area contributed by atoms with Crippen molar-refractivity contribution in [2.45, 2.75) is 25.4 Å². The molecular weight excluding hydrogens is 236 g/mol. The Bertz CT molecular complexity index is 300. The fourth-order valence-corrected chi connectivity index (χ4v) is 1.86. The number of ether oxygens (including phenoxy) is 1. The Morgan fingerprint density at radius 3 is 2.89 bits per heavy atom. The first kappa shape index (κ1) is 14.5. The van der Waals surface area contributed by atoms with E-state index in [2.05, 4.69) is 11.9 Å². The molecule has 0 saturated carbocycles. The predicted molar refractivity (Wildman–Crippen MR) is 66.4 cm³/mol. The molecule has 0 radical (unpaired) electrons. The Hall–Kier alpha value is -1.56. The normalized spacial score (nSPS) is 18.3. The minimum absolute atomic E-state index is 0.220. The Labute approximate surface area is 107 Å². The van der Waals surface area contributed by atoms with E-state index in [1.165, 1.54) is 11.0 Å². The van der Waals surface area contributed by atoms with Crippen molar-refractivity contribution in [2.24, 2.45) is 0 Å². The molecule has 0 bridgehead atoms. The average molecular weight is 256 g/mol. The first-order valence-corrected chi connectivity index (χ1v) is 6.10. The number of carboxylic acid groups (broad SMARTS) is 1. The summed E-state index contributed by atoms with van der Waals surface area (Å²) in [5.41, 5.74) is 0. The van der Waals surface area contributed by atoms with E-state index in [4.69, 9.17) is 9.84 Å². The summed E-state index contributed by atoms with van der Waals surface area (Å²) in [7, 11) is 0. The summed E-state index contributed by atoms with van der Waals surface area (Å²) in [5, 5.41) is 11.4. The van der Waals surface area contributed by atoms with Crippen LogP contribution in [0.5, 0.6) is 0 Å². The van der Waals surface area contributed by atoms with Gasteiger partial charge in [0.25, 0.3) is 0 Å². The topological polar surface area (TPSA) is 78.9 Å². The SMILES string of the molecule is C=CCN(CC(=O)O)C(=O)NCCC1CCCO1. The van der Waals surface area contributed by atoms with Gasteiger partial charge < -0.3 is 20.1 Å². The highest BCUT2D eigenvalue weighted by Crippen LogP contribution is 2.14. The van der Waals surface area contributed by atoms with Gasteiger partial charge in [-0.25, -0.2) is 4.79 Å². The minimum Gasteiger partial charge on any atom is -0.480 e. The highest BCUT2D eigenvalue weighted by atomic mass is 16.5. The molecule has 6 nitrogen and oxygen atoms in total. The molecule has 102 valence electrons. The summed E-state index contributed by atoms with van der Waals surface area (Å²) >= 11 is 0. The van der Waals surface area contributed by atoms with Crippen molar-refractivity contribution in [3.63, 3.8) is 0 Å². The van der Waals surface area contributed by atoms with Crippen molar-refractivity contribution in [2.75, 3.05) is 26.2 Å². The van der Waals surface area contributed by atoms with Gasteiger partial charge in [0, 0.05) is 19.7 Å². The van der Waals surface area contributed by atoms with E-state index < -0.39 is 5.97 Å². The molecule has 0 aromatic carbocycles. The van der Waals surface area contributed by atoms with Gasteiger partial charge in [0.2, 0.25) is 0 Å². The molecule has 1 heterocycles. The van der Waals surface area contributed by atoms with Crippen molar-refractivity contribution >= 4 is 12.0 Å². The zero-order valence-electron chi connectivity index (χ0n) is 10.4. The number of hydrogen-bond acceptors (Lipinski definition) is 3. The van der Waals surface area contributed by atoms with Crippen LogP contribution in [0.25, 0.3) is 0 Å². The van der Waals surface area contributed by atoms with Gasteiger partial charge in [-0.1, -0.05) is 6.08 Å². The second-order valence-corrected chi connectivity index (χ2v) is 4.22. The number of aliphatic carboxylic acids is 1. The number of amides is 2. The Morgan fingerprint density at radius 2 is 2.33 bits per heavy atom. The van der Waals surface area contributed by atoms with E-state index in [1.54, 1.807) is 0 Å². The quantitative estimate of drug-likeness (QED) is 0.661. The highest BCUT2D eigenvalue weighted by Gasteiger charge is 2.17. The van der Waals surface area contributed by atoms with Gasteiger partial charge in [-0.3, -0.25) is 4.79 Å². The van der Waals surface area contributed by atoms with Gasteiger partial charge >= 0.3 is 12.0 Å². The summed E-state index contributed by atoms with van der Waals surface area (Å²) < 4.78 is 5.43. The molecule has 0 aliphatic carbocycles. The molecule has 2 N–H and O–H groups in total. The fraction of sp³-hybridized carbons (Fsp3) is 0.667. The largest absolute Gasteiger partial charge is 0.480 e. The minimum atomic E-state index is -1.04. The Kier molecular flexibility index (Phi) is 6.21. The number of carboxylic acids is 1.